The summed E-state index contributed by atoms with van der Waals surface area (Å²) in [5.74, 6) is 1.87. The number of benzene rings is 1. The third kappa shape index (κ3) is 3.36. The van der Waals surface area contributed by atoms with Crippen LogP contribution in [0.2, 0.25) is 0 Å². The van der Waals surface area contributed by atoms with E-state index in [0.29, 0.717) is 6.54 Å². The number of piperidine rings is 1. The highest BCUT2D eigenvalue weighted by Crippen LogP contribution is 2.33. The van der Waals surface area contributed by atoms with Gasteiger partial charge in [-0.3, -0.25) is 4.79 Å². The van der Waals surface area contributed by atoms with Gasteiger partial charge in [0.25, 0.3) is 0 Å². The first-order valence-electron chi connectivity index (χ1n) is 9.54. The van der Waals surface area contributed by atoms with Crippen molar-refractivity contribution in [2.24, 2.45) is 0 Å². The molecule has 3 heterocycles. The molecular weight excluding hydrogens is 328 g/mol. The molecule has 0 amide bonds. The molecule has 0 saturated carbocycles. The zero-order valence-electron chi connectivity index (χ0n) is 15.6. The van der Waals surface area contributed by atoms with Gasteiger partial charge in [0, 0.05) is 23.5 Å². The molecule has 0 aliphatic carbocycles. The molecule has 2 aromatic rings. The van der Waals surface area contributed by atoms with Gasteiger partial charge in [-0.2, -0.15) is 0 Å². The molecule has 5 nitrogen and oxygen atoms in total. The fraction of sp³-hybridized carbons (Fsp3) is 0.476. The van der Waals surface area contributed by atoms with E-state index in [4.69, 9.17) is 9.47 Å². The Hall–Kier alpha value is -2.27. The van der Waals surface area contributed by atoms with Crippen LogP contribution in [0.4, 0.5) is 0 Å². The van der Waals surface area contributed by atoms with Crippen molar-refractivity contribution in [2.45, 2.75) is 39.7 Å². The number of quaternary nitrogens is 1. The molecule has 0 spiro atoms. The van der Waals surface area contributed by atoms with Crippen molar-refractivity contribution in [3.05, 3.63) is 46.8 Å². The van der Waals surface area contributed by atoms with Crippen molar-refractivity contribution in [3.8, 4) is 11.5 Å². The maximum absolute atomic E-state index is 12.8. The number of aromatic nitrogens is 1. The van der Waals surface area contributed by atoms with Gasteiger partial charge in [0.05, 0.1) is 13.1 Å². The summed E-state index contributed by atoms with van der Waals surface area (Å²) in [6, 6.07) is 8.10. The molecule has 0 atom stereocenters. The number of aryl methyl sites for hydroxylation is 1. The molecule has 1 aromatic carbocycles. The monoisotopic (exact) mass is 355 g/mol. The van der Waals surface area contributed by atoms with Crippen molar-refractivity contribution in [1.29, 1.82) is 0 Å². The minimum Gasteiger partial charge on any atom is -0.454 e. The molecule has 1 N–H and O–H groups in total. The number of hydrogen-bond acceptors (Lipinski definition) is 3. The highest BCUT2D eigenvalue weighted by atomic mass is 16.7. The van der Waals surface area contributed by atoms with Crippen LogP contribution in [0.1, 0.15) is 46.6 Å². The molecule has 5 heteroatoms. The third-order valence-corrected chi connectivity index (χ3v) is 5.62. The number of likely N-dealkylation sites (tertiary alicyclic amines) is 1. The predicted octanol–water partition coefficient (Wildman–Crippen LogP) is 2.13. The Balaban J connectivity index is 1.51. The lowest BCUT2D eigenvalue weighted by molar-refractivity contribution is -0.896. The van der Waals surface area contributed by atoms with E-state index in [9.17, 15) is 4.79 Å². The number of ether oxygens (including phenoxy) is 2. The average molecular weight is 355 g/mol. The molecule has 1 saturated heterocycles. The molecule has 0 unspecified atom stereocenters. The second-order valence-corrected chi connectivity index (χ2v) is 7.47. The van der Waals surface area contributed by atoms with E-state index in [1.807, 2.05) is 18.2 Å². The van der Waals surface area contributed by atoms with Crippen LogP contribution in [0.25, 0.3) is 0 Å². The fourth-order valence-electron chi connectivity index (χ4n) is 4.10. The number of carbonyl (C=O) groups excluding carboxylic acids is 1. The molecule has 138 valence electrons. The molecule has 1 aromatic heterocycles. The van der Waals surface area contributed by atoms with Crippen LogP contribution in [0.5, 0.6) is 11.5 Å². The quantitative estimate of drug-likeness (QED) is 0.836. The van der Waals surface area contributed by atoms with Gasteiger partial charge >= 0.3 is 0 Å². The first-order valence-corrected chi connectivity index (χ1v) is 9.54. The van der Waals surface area contributed by atoms with Crippen LogP contribution in [0, 0.1) is 13.8 Å². The minimum absolute atomic E-state index is 0.270. The number of rotatable bonds is 5. The molecule has 1 fully saturated rings. The van der Waals surface area contributed by atoms with E-state index >= 15 is 0 Å². The van der Waals surface area contributed by atoms with Crippen LogP contribution in [0.15, 0.2) is 24.3 Å². The number of carbonyl (C=O) groups is 1. The van der Waals surface area contributed by atoms with Crippen molar-refractivity contribution >= 4 is 5.78 Å². The van der Waals surface area contributed by atoms with E-state index in [2.05, 4.69) is 24.5 Å². The van der Waals surface area contributed by atoms with E-state index in [1.54, 1.807) is 0 Å². The van der Waals surface area contributed by atoms with Gasteiger partial charge in [0.15, 0.2) is 11.5 Å². The molecular formula is C21H27N2O3+. The Labute approximate surface area is 154 Å². The van der Waals surface area contributed by atoms with Gasteiger partial charge in [0.1, 0.15) is 6.54 Å². The Morgan fingerprint density at radius 1 is 1.08 bits per heavy atom. The Kier molecular flexibility index (Phi) is 4.72. The molecule has 0 radical (unpaired) electrons. The normalized spacial score (nSPS) is 16.8. The summed E-state index contributed by atoms with van der Waals surface area (Å²) < 4.78 is 13.1. The van der Waals surface area contributed by atoms with Crippen LogP contribution in [-0.2, 0) is 6.54 Å². The van der Waals surface area contributed by atoms with Crippen molar-refractivity contribution in [2.75, 3.05) is 26.4 Å². The summed E-state index contributed by atoms with van der Waals surface area (Å²) in [7, 11) is 0. The van der Waals surface area contributed by atoms with Crippen molar-refractivity contribution < 1.29 is 19.2 Å². The van der Waals surface area contributed by atoms with E-state index in [0.717, 1.165) is 53.6 Å². The van der Waals surface area contributed by atoms with E-state index < -0.39 is 0 Å². The van der Waals surface area contributed by atoms with E-state index in [1.165, 1.54) is 24.2 Å². The summed E-state index contributed by atoms with van der Waals surface area (Å²) in [4.78, 5) is 14.3. The van der Waals surface area contributed by atoms with Gasteiger partial charge in [-0.25, -0.2) is 0 Å². The van der Waals surface area contributed by atoms with Crippen molar-refractivity contribution in [1.82, 2.24) is 4.57 Å². The first-order chi connectivity index (χ1) is 12.6. The number of fused-ring (bicyclic) bond motifs is 1. The average Bonchev–Trinajstić information content (AvgIpc) is 3.22. The summed E-state index contributed by atoms with van der Waals surface area (Å²) in [5, 5.41) is 0. The van der Waals surface area contributed by atoms with Crippen LogP contribution >= 0.6 is 0 Å². The molecule has 2 aliphatic heterocycles. The largest absolute Gasteiger partial charge is 0.454 e. The summed E-state index contributed by atoms with van der Waals surface area (Å²) in [6.45, 7) is 8.02. The lowest BCUT2D eigenvalue weighted by Gasteiger charge is -2.22. The summed E-state index contributed by atoms with van der Waals surface area (Å²) in [6.07, 6.45) is 3.79. The zero-order valence-corrected chi connectivity index (χ0v) is 15.6. The van der Waals surface area contributed by atoms with Crippen LogP contribution in [-0.4, -0.2) is 36.8 Å². The topological polar surface area (TPSA) is 44.9 Å². The number of hydrogen-bond donors (Lipinski definition) is 1. The number of Topliss-reactive ketones (excluding diaryl/α,β-unsaturated/α-hetero) is 1. The van der Waals surface area contributed by atoms with Crippen LogP contribution < -0.4 is 14.4 Å². The Morgan fingerprint density at radius 3 is 2.65 bits per heavy atom. The number of nitrogens with zero attached hydrogens (tertiary/aromatic N) is 1. The maximum Gasteiger partial charge on any atom is 0.231 e. The first kappa shape index (κ1) is 17.2. The number of ketones is 1. The summed E-state index contributed by atoms with van der Waals surface area (Å²) >= 11 is 0. The standard InChI is InChI=1S/C21H26N2O3/c1-15-10-18(19(24)13-22-8-4-3-5-9-22)16(2)23(15)12-17-6-7-20-21(11-17)26-14-25-20/h6-7,10-11H,3-5,8-9,12-14H2,1-2H3/p+1. The predicted molar refractivity (Wildman–Crippen MR) is 99.3 cm³/mol. The highest BCUT2D eigenvalue weighted by Gasteiger charge is 2.22. The second-order valence-electron chi connectivity index (χ2n) is 7.47. The minimum atomic E-state index is 0.270. The zero-order chi connectivity index (χ0) is 18.1. The van der Waals surface area contributed by atoms with Crippen LogP contribution in [0.3, 0.4) is 0 Å². The fourth-order valence-corrected chi connectivity index (χ4v) is 4.10. The molecule has 0 bridgehead atoms. The van der Waals surface area contributed by atoms with Gasteiger partial charge < -0.3 is 18.9 Å². The smallest absolute Gasteiger partial charge is 0.231 e. The SMILES string of the molecule is Cc1cc(C(=O)C[NH+]2CCCCC2)c(C)n1Cc1ccc2c(c1)OCO2. The van der Waals surface area contributed by atoms with E-state index in [-0.39, 0.29) is 12.6 Å². The third-order valence-electron chi connectivity index (χ3n) is 5.62. The van der Waals surface area contributed by atoms with Gasteiger partial charge in [-0.05, 0) is 56.9 Å². The Bertz CT molecular complexity index is 819. The van der Waals surface area contributed by atoms with Gasteiger partial charge in [0.2, 0.25) is 12.6 Å². The molecule has 26 heavy (non-hydrogen) atoms. The lowest BCUT2D eigenvalue weighted by Crippen LogP contribution is -3.13. The molecule has 4 rings (SSSR count). The van der Waals surface area contributed by atoms with Gasteiger partial charge in [-0.15, -0.1) is 0 Å². The number of nitrogens with one attached hydrogen (secondary N) is 1. The lowest BCUT2D eigenvalue weighted by atomic mass is 10.1. The summed E-state index contributed by atoms with van der Waals surface area (Å²) in [5.41, 5.74) is 4.21. The Morgan fingerprint density at radius 2 is 1.85 bits per heavy atom. The highest BCUT2D eigenvalue weighted by molar-refractivity contribution is 5.98. The maximum atomic E-state index is 12.8. The van der Waals surface area contributed by atoms with Crippen molar-refractivity contribution in [3.63, 3.8) is 0 Å². The van der Waals surface area contributed by atoms with Gasteiger partial charge in [-0.1, -0.05) is 6.07 Å². The molecule has 2 aliphatic rings. The second kappa shape index (κ2) is 7.16.